The van der Waals surface area contributed by atoms with Crippen LogP contribution in [0.5, 0.6) is 0 Å². The summed E-state index contributed by atoms with van der Waals surface area (Å²) in [4.78, 5) is 12.2. The van der Waals surface area contributed by atoms with Crippen molar-refractivity contribution in [1.29, 1.82) is 0 Å². The van der Waals surface area contributed by atoms with E-state index >= 15 is 0 Å². The largest absolute Gasteiger partial charge is 0.417 e. The van der Waals surface area contributed by atoms with E-state index in [1.165, 1.54) is 31.4 Å². The number of carbonyl (C=O) groups is 1. The van der Waals surface area contributed by atoms with E-state index in [0.29, 0.717) is 19.3 Å². The van der Waals surface area contributed by atoms with E-state index in [-0.39, 0.29) is 30.5 Å². The van der Waals surface area contributed by atoms with Gasteiger partial charge in [0.25, 0.3) is 0 Å². The molecule has 9 heteroatoms. The fraction of sp³-hybridized carbons (Fsp3) is 0.708. The topological polar surface area (TPSA) is 66.5 Å². The summed E-state index contributed by atoms with van der Waals surface area (Å²) >= 11 is 0. The molecule has 5 aliphatic rings. The van der Waals surface area contributed by atoms with Gasteiger partial charge in [0.15, 0.2) is 0 Å². The summed E-state index contributed by atoms with van der Waals surface area (Å²) < 4.78 is 67.0. The third-order valence-corrected chi connectivity index (χ3v) is 10.3. The first kappa shape index (κ1) is 23.1. The molecular formula is C24H31F3N2O3S. The minimum absolute atomic E-state index is 0.0423. The van der Waals surface area contributed by atoms with Gasteiger partial charge in [0, 0.05) is 25.0 Å². The highest BCUT2D eigenvalue weighted by Gasteiger charge is 2.51. The van der Waals surface area contributed by atoms with Crippen LogP contribution in [0.1, 0.15) is 63.4 Å². The first-order valence-electron chi connectivity index (χ1n) is 12.0. The average Bonchev–Trinajstić information content (AvgIpc) is 2.72. The Morgan fingerprint density at radius 1 is 1.00 bits per heavy atom. The van der Waals surface area contributed by atoms with E-state index in [1.807, 2.05) is 0 Å². The van der Waals surface area contributed by atoms with Crippen molar-refractivity contribution in [2.75, 3.05) is 13.1 Å². The zero-order valence-electron chi connectivity index (χ0n) is 18.6. The summed E-state index contributed by atoms with van der Waals surface area (Å²) in [6.07, 6.45) is 3.73. The van der Waals surface area contributed by atoms with E-state index in [0.717, 1.165) is 53.5 Å². The highest BCUT2D eigenvalue weighted by molar-refractivity contribution is 7.89. The van der Waals surface area contributed by atoms with Gasteiger partial charge >= 0.3 is 6.18 Å². The Morgan fingerprint density at radius 2 is 1.55 bits per heavy atom. The number of benzene rings is 1. The number of nitrogens with zero attached hydrogens (tertiary/aromatic N) is 1. The minimum atomic E-state index is -4.74. The second kappa shape index (κ2) is 8.26. The molecule has 0 radical (unpaired) electrons. The molecular weight excluding hydrogens is 453 g/mol. The number of nitrogens with one attached hydrogen (secondary N) is 1. The Morgan fingerprint density at radius 3 is 2.09 bits per heavy atom. The second-order valence-electron chi connectivity index (χ2n) is 10.8. The molecule has 33 heavy (non-hydrogen) atoms. The lowest BCUT2D eigenvalue weighted by Crippen LogP contribution is -2.60. The van der Waals surface area contributed by atoms with Crippen molar-refractivity contribution < 1.29 is 26.4 Å². The number of rotatable bonds is 5. The highest BCUT2D eigenvalue weighted by Crippen LogP contribution is 2.55. The predicted octanol–water partition coefficient (Wildman–Crippen LogP) is 4.58. The molecule has 1 aliphatic heterocycles. The molecule has 1 amide bonds. The molecule has 5 nitrogen and oxygen atoms in total. The number of halogens is 3. The smallest absolute Gasteiger partial charge is 0.351 e. The van der Waals surface area contributed by atoms with Crippen LogP contribution in [0.15, 0.2) is 29.2 Å². The molecule has 4 bridgehead atoms. The Kier molecular flexibility index (Phi) is 5.79. The van der Waals surface area contributed by atoms with Crippen molar-refractivity contribution in [1.82, 2.24) is 9.62 Å². The maximum atomic E-state index is 13.3. The van der Waals surface area contributed by atoms with Crippen molar-refractivity contribution in [3.05, 3.63) is 29.8 Å². The van der Waals surface area contributed by atoms with Gasteiger partial charge in [-0.15, -0.1) is 0 Å². The van der Waals surface area contributed by atoms with E-state index in [2.05, 4.69) is 5.32 Å². The van der Waals surface area contributed by atoms with Gasteiger partial charge in [0.05, 0.1) is 10.5 Å². The summed E-state index contributed by atoms with van der Waals surface area (Å²) in [5.41, 5.74) is -1.18. The Labute approximate surface area is 193 Å². The molecule has 182 valence electrons. The van der Waals surface area contributed by atoms with Crippen LogP contribution in [0.25, 0.3) is 0 Å². The third kappa shape index (κ3) is 4.55. The van der Waals surface area contributed by atoms with Crippen LogP contribution in [0.3, 0.4) is 0 Å². The number of amides is 1. The molecule has 1 heterocycles. The predicted molar refractivity (Wildman–Crippen MR) is 117 cm³/mol. The first-order chi connectivity index (χ1) is 15.5. The number of sulfonamides is 1. The van der Waals surface area contributed by atoms with Crippen LogP contribution in [-0.4, -0.2) is 37.3 Å². The number of piperidine rings is 1. The Balaban J connectivity index is 1.18. The van der Waals surface area contributed by atoms with Gasteiger partial charge in [-0.05, 0) is 87.2 Å². The van der Waals surface area contributed by atoms with E-state index in [4.69, 9.17) is 0 Å². The maximum absolute atomic E-state index is 13.3. The highest BCUT2D eigenvalue weighted by atomic mass is 32.2. The number of hydrogen-bond donors (Lipinski definition) is 1. The van der Waals surface area contributed by atoms with Gasteiger partial charge in [-0.1, -0.05) is 12.1 Å². The zero-order valence-corrected chi connectivity index (χ0v) is 19.4. The number of alkyl halides is 3. The molecule has 5 fully saturated rings. The van der Waals surface area contributed by atoms with Crippen molar-refractivity contribution in [2.24, 2.45) is 23.7 Å². The molecule has 1 aromatic carbocycles. The summed E-state index contributed by atoms with van der Waals surface area (Å²) in [5.74, 6) is 2.31. The van der Waals surface area contributed by atoms with Crippen LogP contribution < -0.4 is 5.32 Å². The van der Waals surface area contributed by atoms with Crippen molar-refractivity contribution in [2.45, 2.75) is 74.4 Å². The van der Waals surface area contributed by atoms with Crippen LogP contribution >= 0.6 is 0 Å². The fourth-order valence-electron chi connectivity index (χ4n) is 7.29. The van der Waals surface area contributed by atoms with Crippen molar-refractivity contribution in [3.8, 4) is 0 Å². The SMILES string of the molecule is O=C(CC1CCN(S(=O)(=O)c2ccccc2C(F)(F)F)CC1)NC12CC3CC(CC(C3)C1)C2. The fourth-order valence-corrected chi connectivity index (χ4v) is 8.97. The maximum Gasteiger partial charge on any atom is 0.417 e. The first-order valence-corrected chi connectivity index (χ1v) is 13.5. The molecule has 0 aromatic heterocycles. The lowest BCUT2D eigenvalue weighted by atomic mass is 9.53. The Hall–Kier alpha value is -1.61. The van der Waals surface area contributed by atoms with Crippen LogP contribution in [0, 0.1) is 23.7 Å². The number of hydrogen-bond acceptors (Lipinski definition) is 3. The van der Waals surface area contributed by atoms with Crippen LogP contribution in [0.2, 0.25) is 0 Å². The molecule has 4 aliphatic carbocycles. The van der Waals surface area contributed by atoms with Gasteiger partial charge in [0.2, 0.25) is 15.9 Å². The number of carbonyl (C=O) groups excluding carboxylic acids is 1. The summed E-state index contributed by atoms with van der Waals surface area (Å²) in [6, 6.07) is 4.32. The molecule has 0 atom stereocenters. The normalized spacial score (nSPS) is 32.8. The summed E-state index contributed by atoms with van der Waals surface area (Å²) in [7, 11) is -4.25. The molecule has 0 unspecified atom stereocenters. The van der Waals surface area contributed by atoms with Crippen LogP contribution in [0.4, 0.5) is 13.2 Å². The van der Waals surface area contributed by atoms with E-state index in [1.54, 1.807) is 0 Å². The summed E-state index contributed by atoms with van der Waals surface area (Å²) in [6.45, 7) is 0.258. The second-order valence-corrected chi connectivity index (χ2v) is 12.7. The average molecular weight is 485 g/mol. The van der Waals surface area contributed by atoms with Crippen molar-refractivity contribution in [3.63, 3.8) is 0 Å². The molecule has 1 aromatic rings. The van der Waals surface area contributed by atoms with Gasteiger partial charge in [-0.25, -0.2) is 8.42 Å². The van der Waals surface area contributed by atoms with Gasteiger partial charge in [0.1, 0.15) is 0 Å². The van der Waals surface area contributed by atoms with E-state index < -0.39 is 26.7 Å². The Bertz CT molecular complexity index is 981. The molecule has 4 saturated carbocycles. The van der Waals surface area contributed by atoms with E-state index in [9.17, 15) is 26.4 Å². The van der Waals surface area contributed by atoms with Gasteiger partial charge in [-0.2, -0.15) is 17.5 Å². The molecule has 1 saturated heterocycles. The van der Waals surface area contributed by atoms with Gasteiger partial charge < -0.3 is 5.32 Å². The van der Waals surface area contributed by atoms with Gasteiger partial charge in [-0.3, -0.25) is 4.79 Å². The quantitative estimate of drug-likeness (QED) is 0.665. The van der Waals surface area contributed by atoms with Crippen LogP contribution in [-0.2, 0) is 21.0 Å². The molecule has 6 rings (SSSR count). The minimum Gasteiger partial charge on any atom is -0.351 e. The standard InChI is InChI=1S/C24H31F3N2O3S/c25-24(26,27)20-3-1-2-4-21(20)33(31,32)29-7-5-16(6-8-29)12-22(30)28-23-13-17-9-18(14-23)11-19(10-17)15-23/h1-4,16-19H,5-15H2,(H,28,30). The zero-order chi connectivity index (χ0) is 23.4. The lowest BCUT2D eigenvalue weighted by Gasteiger charge is -2.57. The summed E-state index contributed by atoms with van der Waals surface area (Å²) in [5, 5.41) is 3.37. The molecule has 0 spiro atoms. The molecule has 1 N–H and O–H groups in total. The third-order valence-electron chi connectivity index (χ3n) is 8.30. The lowest BCUT2D eigenvalue weighted by molar-refractivity contribution is -0.140. The monoisotopic (exact) mass is 484 g/mol. The van der Waals surface area contributed by atoms with Crippen molar-refractivity contribution >= 4 is 15.9 Å².